The monoisotopic (exact) mass is 274 g/mol. The van der Waals surface area contributed by atoms with Crippen molar-refractivity contribution in [3.05, 3.63) is 0 Å². The molecule has 1 saturated heterocycles. The van der Waals surface area contributed by atoms with Crippen LogP contribution in [0.25, 0.3) is 0 Å². The molecule has 1 N–H and O–H groups in total. The van der Waals surface area contributed by atoms with E-state index in [2.05, 4.69) is 13.8 Å². The van der Waals surface area contributed by atoms with Gasteiger partial charge in [-0.15, -0.1) is 11.8 Å². The first kappa shape index (κ1) is 15.8. The molecule has 106 valence electrons. The summed E-state index contributed by atoms with van der Waals surface area (Å²) in [6, 6.07) is 0. The lowest BCUT2D eigenvalue weighted by Gasteiger charge is -2.39. The van der Waals surface area contributed by atoms with Crippen LogP contribution in [0.2, 0.25) is 0 Å². The van der Waals surface area contributed by atoms with Crippen LogP contribution >= 0.6 is 11.8 Å². The molecule has 18 heavy (non-hydrogen) atoms. The van der Waals surface area contributed by atoms with E-state index in [0.717, 1.165) is 0 Å². The number of likely N-dealkylation sites (tertiary alicyclic amines) is 1. The molecule has 0 aromatic carbocycles. The number of hydrogen-bond donors (Lipinski definition) is 1. The Kier molecular flexibility index (Phi) is 5.95. The molecule has 0 saturated carbocycles. The largest absolute Gasteiger partial charge is 0.388 e. The topological polar surface area (TPSA) is 43.8 Å². The van der Waals surface area contributed by atoms with Crippen LogP contribution in [0.15, 0.2) is 0 Å². The summed E-state index contributed by atoms with van der Waals surface area (Å²) >= 11 is 1.68. The van der Waals surface area contributed by atoms with Crippen molar-refractivity contribution >= 4 is 17.7 Å². The van der Waals surface area contributed by atoms with E-state index in [4.69, 9.17) is 0 Å². The normalized spacial score (nSPS) is 19.6. The predicted octanol–water partition coefficient (Wildman–Crippen LogP) is 1.04. The van der Waals surface area contributed by atoms with E-state index < -0.39 is 5.60 Å². The van der Waals surface area contributed by atoms with E-state index in [1.807, 2.05) is 23.9 Å². The van der Waals surface area contributed by atoms with Gasteiger partial charge in [0.05, 0.1) is 11.4 Å². The highest BCUT2D eigenvalue weighted by Gasteiger charge is 2.34. The van der Waals surface area contributed by atoms with Gasteiger partial charge in [0.1, 0.15) is 0 Å². The fourth-order valence-electron chi connectivity index (χ4n) is 2.25. The van der Waals surface area contributed by atoms with Crippen LogP contribution in [0.5, 0.6) is 0 Å². The van der Waals surface area contributed by atoms with Crippen molar-refractivity contribution < 1.29 is 9.90 Å². The number of amides is 1. The number of aliphatic hydroxyl groups is 1. The fourth-order valence-corrected chi connectivity index (χ4v) is 2.91. The average Bonchev–Trinajstić information content (AvgIpc) is 2.25. The van der Waals surface area contributed by atoms with Gasteiger partial charge in [-0.05, 0) is 32.2 Å². The van der Waals surface area contributed by atoms with E-state index >= 15 is 0 Å². The second-order valence-electron chi connectivity index (χ2n) is 5.70. The van der Waals surface area contributed by atoms with Gasteiger partial charge in [-0.1, -0.05) is 13.8 Å². The first-order valence-electron chi connectivity index (χ1n) is 6.59. The maximum absolute atomic E-state index is 11.9. The molecular weight excluding hydrogens is 248 g/mol. The van der Waals surface area contributed by atoms with Gasteiger partial charge in [0.25, 0.3) is 0 Å². The first-order chi connectivity index (χ1) is 8.32. The molecule has 0 radical (unpaired) electrons. The fraction of sp³-hybridized carbons (Fsp3) is 0.923. The Morgan fingerprint density at radius 2 is 1.94 bits per heavy atom. The molecule has 1 aliphatic rings. The summed E-state index contributed by atoms with van der Waals surface area (Å²) in [6.45, 7) is 6.24. The third-order valence-corrected chi connectivity index (χ3v) is 4.28. The number of carbonyl (C=O) groups is 1. The van der Waals surface area contributed by atoms with Gasteiger partial charge < -0.3 is 14.9 Å². The second-order valence-corrected chi connectivity index (χ2v) is 7.27. The van der Waals surface area contributed by atoms with E-state index in [0.29, 0.717) is 43.5 Å². The lowest BCUT2D eigenvalue weighted by molar-refractivity contribution is -0.133. The minimum atomic E-state index is -0.620. The van der Waals surface area contributed by atoms with Crippen LogP contribution in [0.3, 0.4) is 0 Å². The van der Waals surface area contributed by atoms with Crippen LogP contribution in [-0.4, -0.2) is 71.1 Å². The van der Waals surface area contributed by atoms with Crippen LogP contribution in [0.1, 0.15) is 26.7 Å². The molecule has 1 fully saturated rings. The van der Waals surface area contributed by atoms with Crippen molar-refractivity contribution in [2.45, 2.75) is 37.5 Å². The Labute approximate surface area is 115 Å². The summed E-state index contributed by atoms with van der Waals surface area (Å²) in [7, 11) is 3.93. The van der Waals surface area contributed by atoms with Crippen molar-refractivity contribution in [3.63, 3.8) is 0 Å². The molecule has 0 atom stereocenters. The van der Waals surface area contributed by atoms with Crippen molar-refractivity contribution in [2.24, 2.45) is 0 Å². The van der Waals surface area contributed by atoms with Gasteiger partial charge in [0, 0.05) is 19.6 Å². The summed E-state index contributed by atoms with van der Waals surface area (Å²) in [5, 5.41) is 10.9. The molecule has 4 nitrogen and oxygen atoms in total. The highest BCUT2D eigenvalue weighted by atomic mass is 32.2. The van der Waals surface area contributed by atoms with Gasteiger partial charge in [-0.3, -0.25) is 4.79 Å². The predicted molar refractivity (Wildman–Crippen MR) is 76.9 cm³/mol. The third kappa shape index (κ3) is 5.16. The second kappa shape index (κ2) is 6.78. The molecule has 0 aromatic heterocycles. The molecule has 0 aromatic rings. The first-order valence-corrected chi connectivity index (χ1v) is 7.64. The number of carbonyl (C=O) groups excluding carboxylic acids is 1. The maximum Gasteiger partial charge on any atom is 0.232 e. The Hall–Kier alpha value is -0.260. The van der Waals surface area contributed by atoms with Crippen LogP contribution in [0.4, 0.5) is 0 Å². The molecule has 1 aliphatic heterocycles. The molecule has 0 unspecified atom stereocenters. The number of hydrogen-bond acceptors (Lipinski definition) is 4. The quantitative estimate of drug-likeness (QED) is 0.814. The van der Waals surface area contributed by atoms with Crippen molar-refractivity contribution in [2.75, 3.05) is 39.5 Å². The summed E-state index contributed by atoms with van der Waals surface area (Å²) in [5.41, 5.74) is -0.620. The Morgan fingerprint density at radius 3 is 2.39 bits per heavy atom. The zero-order valence-corrected chi connectivity index (χ0v) is 12.8. The smallest absolute Gasteiger partial charge is 0.232 e. The zero-order chi connectivity index (χ0) is 13.8. The number of thioether (sulfide) groups is 1. The van der Waals surface area contributed by atoms with Crippen molar-refractivity contribution in [3.8, 4) is 0 Å². The van der Waals surface area contributed by atoms with Gasteiger partial charge in [0.15, 0.2) is 0 Å². The molecule has 1 heterocycles. The highest BCUT2D eigenvalue weighted by molar-refractivity contribution is 8.00. The minimum absolute atomic E-state index is 0.209. The molecule has 0 aliphatic carbocycles. The van der Waals surface area contributed by atoms with Crippen LogP contribution in [-0.2, 0) is 4.79 Å². The van der Waals surface area contributed by atoms with Gasteiger partial charge in [0.2, 0.25) is 5.91 Å². The van der Waals surface area contributed by atoms with E-state index in [-0.39, 0.29) is 5.91 Å². The van der Waals surface area contributed by atoms with Crippen LogP contribution < -0.4 is 0 Å². The summed E-state index contributed by atoms with van der Waals surface area (Å²) < 4.78 is 0. The van der Waals surface area contributed by atoms with E-state index in [1.54, 1.807) is 11.8 Å². The van der Waals surface area contributed by atoms with Crippen molar-refractivity contribution in [1.82, 2.24) is 9.80 Å². The van der Waals surface area contributed by atoms with E-state index in [1.165, 1.54) is 0 Å². The summed E-state index contributed by atoms with van der Waals surface area (Å²) in [4.78, 5) is 15.8. The zero-order valence-electron chi connectivity index (χ0n) is 12.0. The summed E-state index contributed by atoms with van der Waals surface area (Å²) in [5.74, 6) is 0.768. The molecule has 0 bridgehead atoms. The molecular formula is C13H26N2O2S. The van der Waals surface area contributed by atoms with Crippen molar-refractivity contribution in [1.29, 1.82) is 0 Å². The lowest BCUT2D eigenvalue weighted by atomic mass is 9.91. The number of piperidine rings is 1. The Bertz CT molecular complexity index is 274. The average molecular weight is 274 g/mol. The molecule has 5 heteroatoms. The number of likely N-dealkylation sites (N-methyl/N-ethyl adjacent to an activating group) is 1. The molecule has 1 rings (SSSR count). The Balaban J connectivity index is 2.36. The SMILES string of the molecule is CC(C)SCC(=O)N1CCC(O)(CN(C)C)CC1. The van der Waals surface area contributed by atoms with E-state index in [9.17, 15) is 9.90 Å². The van der Waals surface area contributed by atoms with Gasteiger partial charge in [-0.25, -0.2) is 0 Å². The van der Waals surface area contributed by atoms with Gasteiger partial charge in [-0.2, -0.15) is 0 Å². The summed E-state index contributed by atoms with van der Waals surface area (Å²) in [6.07, 6.45) is 1.37. The van der Waals surface area contributed by atoms with Crippen LogP contribution in [0, 0.1) is 0 Å². The number of rotatable bonds is 5. The lowest BCUT2D eigenvalue weighted by Crippen LogP contribution is -2.51. The standard InChI is InChI=1S/C13H26N2O2S/c1-11(2)18-9-12(16)15-7-5-13(17,6-8-15)10-14(3)4/h11,17H,5-10H2,1-4H3. The molecule has 1 amide bonds. The van der Waals surface area contributed by atoms with Gasteiger partial charge >= 0.3 is 0 Å². The maximum atomic E-state index is 11.9. The highest BCUT2D eigenvalue weighted by Crippen LogP contribution is 2.23. The Morgan fingerprint density at radius 1 is 1.39 bits per heavy atom. The molecule has 0 spiro atoms. The minimum Gasteiger partial charge on any atom is -0.388 e. The number of nitrogens with zero attached hydrogens (tertiary/aromatic N) is 2. The third-order valence-electron chi connectivity index (χ3n) is 3.20.